The summed E-state index contributed by atoms with van der Waals surface area (Å²) < 4.78 is 11.3. The highest BCUT2D eigenvalue weighted by molar-refractivity contribution is 5.99. The predicted octanol–water partition coefficient (Wildman–Crippen LogP) is 5.11. The number of methoxy groups -OCH3 is 1. The fourth-order valence-corrected chi connectivity index (χ4v) is 4.49. The lowest BCUT2D eigenvalue weighted by molar-refractivity contribution is 0.0708. The smallest absolute Gasteiger partial charge is 0.290 e. The molecule has 0 aliphatic carbocycles. The van der Waals surface area contributed by atoms with Crippen LogP contribution in [-0.2, 0) is 4.74 Å². The van der Waals surface area contributed by atoms with E-state index in [1.807, 2.05) is 38.1 Å². The Labute approximate surface area is 182 Å². The standard InChI is InChI=1S/C26H29NO4/c1-15(2)18-7-9-19(10-8-18)22-21-23(28)20-14-16(3)13-17(4)24(20)31-25(21)26(29)27(22)11-6-12-30-5/h7-10,13-15,22H,6,11-12H2,1-5H3. The highest BCUT2D eigenvalue weighted by atomic mass is 16.5. The average molecular weight is 420 g/mol. The maximum absolute atomic E-state index is 13.6. The summed E-state index contributed by atoms with van der Waals surface area (Å²) in [7, 11) is 1.64. The fourth-order valence-electron chi connectivity index (χ4n) is 4.49. The van der Waals surface area contributed by atoms with Gasteiger partial charge in [-0.2, -0.15) is 0 Å². The molecule has 0 radical (unpaired) electrons. The Morgan fingerprint density at radius 1 is 1.10 bits per heavy atom. The molecular weight excluding hydrogens is 390 g/mol. The molecule has 5 nitrogen and oxygen atoms in total. The molecule has 4 rings (SSSR count). The van der Waals surface area contributed by atoms with Crippen molar-refractivity contribution in [3.63, 3.8) is 0 Å². The molecule has 1 amide bonds. The molecule has 2 heterocycles. The van der Waals surface area contributed by atoms with E-state index in [1.165, 1.54) is 5.56 Å². The molecule has 0 fully saturated rings. The summed E-state index contributed by atoms with van der Waals surface area (Å²) in [5.74, 6) is 0.340. The number of nitrogens with zero attached hydrogens (tertiary/aromatic N) is 1. The Balaban J connectivity index is 1.91. The molecule has 1 unspecified atom stereocenters. The first-order chi connectivity index (χ1) is 14.8. The lowest BCUT2D eigenvalue weighted by atomic mass is 9.94. The summed E-state index contributed by atoms with van der Waals surface area (Å²) in [4.78, 5) is 28.8. The second-order valence-electron chi connectivity index (χ2n) is 8.70. The van der Waals surface area contributed by atoms with Crippen molar-refractivity contribution in [1.29, 1.82) is 0 Å². The number of fused-ring (bicyclic) bond motifs is 2. The zero-order chi connectivity index (χ0) is 22.3. The van der Waals surface area contributed by atoms with Crippen molar-refractivity contribution in [2.75, 3.05) is 20.3 Å². The van der Waals surface area contributed by atoms with Crippen LogP contribution in [0.3, 0.4) is 0 Å². The van der Waals surface area contributed by atoms with E-state index in [0.717, 1.165) is 16.7 Å². The fraction of sp³-hybridized carbons (Fsp3) is 0.385. The molecule has 0 bridgehead atoms. The molecule has 3 aromatic rings. The monoisotopic (exact) mass is 419 g/mol. The van der Waals surface area contributed by atoms with Gasteiger partial charge in [-0.25, -0.2) is 0 Å². The van der Waals surface area contributed by atoms with Crippen LogP contribution in [0.4, 0.5) is 0 Å². The van der Waals surface area contributed by atoms with Crippen LogP contribution in [0.25, 0.3) is 11.0 Å². The van der Waals surface area contributed by atoms with Gasteiger partial charge in [-0.15, -0.1) is 0 Å². The van der Waals surface area contributed by atoms with Crippen LogP contribution in [0.2, 0.25) is 0 Å². The second-order valence-corrected chi connectivity index (χ2v) is 8.70. The van der Waals surface area contributed by atoms with Gasteiger partial charge in [-0.05, 0) is 54.5 Å². The number of benzene rings is 2. The van der Waals surface area contributed by atoms with Crippen LogP contribution < -0.4 is 5.43 Å². The highest BCUT2D eigenvalue weighted by Crippen LogP contribution is 2.39. The van der Waals surface area contributed by atoms with Gasteiger partial charge < -0.3 is 14.1 Å². The quantitative estimate of drug-likeness (QED) is 0.521. The number of hydrogen-bond acceptors (Lipinski definition) is 4. The van der Waals surface area contributed by atoms with Crippen molar-refractivity contribution < 1.29 is 13.9 Å². The first kappa shape index (κ1) is 21.3. The van der Waals surface area contributed by atoms with E-state index in [1.54, 1.807) is 12.0 Å². The molecule has 1 atom stereocenters. The Kier molecular flexibility index (Phi) is 5.71. The first-order valence-electron chi connectivity index (χ1n) is 10.8. The molecule has 31 heavy (non-hydrogen) atoms. The van der Waals surface area contributed by atoms with Gasteiger partial charge >= 0.3 is 0 Å². The van der Waals surface area contributed by atoms with Crippen molar-refractivity contribution in [3.8, 4) is 0 Å². The van der Waals surface area contributed by atoms with Crippen LogP contribution in [0.5, 0.6) is 0 Å². The van der Waals surface area contributed by atoms with Crippen LogP contribution in [0.1, 0.15) is 70.6 Å². The third kappa shape index (κ3) is 3.68. The summed E-state index contributed by atoms with van der Waals surface area (Å²) in [6.07, 6.45) is 0.683. The normalized spacial score (nSPS) is 15.9. The Morgan fingerprint density at radius 3 is 2.45 bits per heavy atom. The molecule has 0 saturated carbocycles. The van der Waals surface area contributed by atoms with Crippen molar-refractivity contribution in [2.45, 2.75) is 46.1 Å². The predicted molar refractivity (Wildman–Crippen MR) is 122 cm³/mol. The van der Waals surface area contributed by atoms with Gasteiger partial charge in [0, 0.05) is 20.3 Å². The molecule has 0 saturated heterocycles. The van der Waals surface area contributed by atoms with Gasteiger partial charge in [0.2, 0.25) is 5.76 Å². The largest absolute Gasteiger partial charge is 0.450 e. The average Bonchev–Trinajstić information content (AvgIpc) is 3.01. The van der Waals surface area contributed by atoms with E-state index >= 15 is 0 Å². The number of carbonyl (C=O) groups excluding carboxylic acids is 1. The van der Waals surface area contributed by atoms with Gasteiger partial charge in [0.15, 0.2) is 5.43 Å². The Bertz CT molecular complexity index is 1190. The highest BCUT2D eigenvalue weighted by Gasteiger charge is 2.42. The van der Waals surface area contributed by atoms with Gasteiger partial charge in [0.05, 0.1) is 17.0 Å². The molecule has 162 valence electrons. The minimum absolute atomic E-state index is 0.122. The molecule has 5 heteroatoms. The summed E-state index contributed by atoms with van der Waals surface area (Å²) in [6, 6.07) is 11.6. The van der Waals surface area contributed by atoms with Crippen molar-refractivity contribution in [1.82, 2.24) is 4.90 Å². The minimum atomic E-state index is -0.456. The molecule has 1 aliphatic heterocycles. The van der Waals surface area contributed by atoms with Gasteiger partial charge in [0.25, 0.3) is 5.91 Å². The summed E-state index contributed by atoms with van der Waals surface area (Å²) in [6.45, 7) is 9.19. The number of carbonyl (C=O) groups is 1. The van der Waals surface area contributed by atoms with Crippen molar-refractivity contribution in [2.24, 2.45) is 0 Å². The molecule has 1 aliphatic rings. The van der Waals surface area contributed by atoms with Crippen LogP contribution in [-0.4, -0.2) is 31.1 Å². The van der Waals surface area contributed by atoms with E-state index in [0.29, 0.717) is 42.0 Å². The lowest BCUT2D eigenvalue weighted by Crippen LogP contribution is -2.31. The van der Waals surface area contributed by atoms with Crippen LogP contribution in [0.15, 0.2) is 45.6 Å². The molecule has 2 aromatic carbocycles. The lowest BCUT2D eigenvalue weighted by Gasteiger charge is -2.25. The number of rotatable bonds is 6. The zero-order valence-electron chi connectivity index (χ0n) is 18.8. The third-order valence-electron chi connectivity index (χ3n) is 6.06. The van der Waals surface area contributed by atoms with Gasteiger partial charge in [-0.3, -0.25) is 9.59 Å². The second kappa shape index (κ2) is 8.31. The zero-order valence-corrected chi connectivity index (χ0v) is 18.8. The number of hydrogen-bond donors (Lipinski definition) is 0. The summed E-state index contributed by atoms with van der Waals surface area (Å²) in [5, 5.41) is 0.534. The van der Waals surface area contributed by atoms with E-state index in [2.05, 4.69) is 26.0 Å². The molecule has 0 N–H and O–H groups in total. The van der Waals surface area contributed by atoms with E-state index in [-0.39, 0.29) is 17.1 Å². The van der Waals surface area contributed by atoms with E-state index < -0.39 is 6.04 Å². The number of aryl methyl sites for hydroxylation is 2. The van der Waals surface area contributed by atoms with Crippen molar-refractivity contribution >= 4 is 16.9 Å². The van der Waals surface area contributed by atoms with Crippen LogP contribution >= 0.6 is 0 Å². The summed E-state index contributed by atoms with van der Waals surface area (Å²) in [5.41, 5.74) is 4.81. The molecule has 1 aromatic heterocycles. The molecule has 0 spiro atoms. The SMILES string of the molecule is COCCCN1C(=O)c2oc3c(C)cc(C)cc3c(=O)c2C1c1ccc(C(C)C)cc1. The number of ether oxygens (including phenoxy) is 1. The summed E-state index contributed by atoms with van der Waals surface area (Å²) >= 11 is 0. The number of amides is 1. The maximum Gasteiger partial charge on any atom is 0.290 e. The maximum atomic E-state index is 13.6. The topological polar surface area (TPSA) is 59.8 Å². The third-order valence-corrected chi connectivity index (χ3v) is 6.06. The van der Waals surface area contributed by atoms with Gasteiger partial charge in [0.1, 0.15) is 5.58 Å². The Morgan fingerprint density at radius 2 is 1.81 bits per heavy atom. The molecular formula is C26H29NO4. The van der Waals surface area contributed by atoms with E-state index in [4.69, 9.17) is 9.15 Å². The van der Waals surface area contributed by atoms with Crippen LogP contribution in [0, 0.1) is 13.8 Å². The minimum Gasteiger partial charge on any atom is -0.450 e. The van der Waals surface area contributed by atoms with Gasteiger partial charge in [-0.1, -0.05) is 44.2 Å². The Hall–Kier alpha value is -2.92. The van der Waals surface area contributed by atoms with Crippen molar-refractivity contribution in [3.05, 3.63) is 80.2 Å². The van der Waals surface area contributed by atoms with E-state index in [9.17, 15) is 9.59 Å². The first-order valence-corrected chi connectivity index (χ1v) is 10.8.